The van der Waals surface area contributed by atoms with Crippen LogP contribution in [0.4, 0.5) is 0 Å². The molecule has 2 aromatic rings. The Morgan fingerprint density at radius 3 is 2.32 bits per heavy atom. The molecule has 0 aliphatic heterocycles. The Kier molecular flexibility index (Phi) is 6.81. The monoisotopic (exact) mass is 364 g/mol. The molecule has 7 heteroatoms. The summed E-state index contributed by atoms with van der Waals surface area (Å²) in [6, 6.07) is 12.5. The Labute approximate surface area is 149 Å². The lowest BCUT2D eigenvalue weighted by Gasteiger charge is -2.11. The van der Waals surface area contributed by atoms with Gasteiger partial charge in [-0.3, -0.25) is 0 Å². The molecule has 0 unspecified atom stereocenters. The van der Waals surface area contributed by atoms with Crippen LogP contribution in [-0.4, -0.2) is 28.7 Å². The van der Waals surface area contributed by atoms with Crippen molar-refractivity contribution >= 4 is 10.0 Å². The Morgan fingerprint density at radius 2 is 1.72 bits per heavy atom. The number of methoxy groups -OCH3 is 1. The van der Waals surface area contributed by atoms with Crippen molar-refractivity contribution in [3.63, 3.8) is 0 Å². The van der Waals surface area contributed by atoms with Crippen molar-refractivity contribution in [1.29, 1.82) is 0 Å². The number of primary sulfonamides is 1. The topological polar surface area (TPSA) is 90.6 Å². The van der Waals surface area contributed by atoms with E-state index in [0.717, 1.165) is 35.6 Å². The van der Waals surface area contributed by atoms with Gasteiger partial charge in [-0.15, -0.1) is 0 Å². The van der Waals surface area contributed by atoms with Gasteiger partial charge in [-0.05, 0) is 55.3 Å². The van der Waals surface area contributed by atoms with Crippen molar-refractivity contribution in [3.8, 4) is 11.5 Å². The molecule has 0 amide bonds. The van der Waals surface area contributed by atoms with Crippen LogP contribution >= 0.6 is 0 Å². The average molecular weight is 364 g/mol. The van der Waals surface area contributed by atoms with Crippen molar-refractivity contribution in [2.24, 2.45) is 5.14 Å². The zero-order valence-corrected chi connectivity index (χ0v) is 15.3. The van der Waals surface area contributed by atoms with Crippen LogP contribution in [0.3, 0.4) is 0 Å². The van der Waals surface area contributed by atoms with E-state index in [1.165, 1.54) is 12.1 Å². The van der Waals surface area contributed by atoms with E-state index in [1.807, 2.05) is 25.1 Å². The first-order valence-electron chi connectivity index (χ1n) is 8.06. The minimum Gasteiger partial charge on any atom is -0.493 e. The van der Waals surface area contributed by atoms with Crippen LogP contribution in [0.5, 0.6) is 11.5 Å². The fraction of sp³-hybridized carbons (Fsp3) is 0.333. The van der Waals surface area contributed by atoms with Gasteiger partial charge < -0.3 is 14.8 Å². The quantitative estimate of drug-likeness (QED) is 0.665. The second kappa shape index (κ2) is 8.84. The van der Waals surface area contributed by atoms with E-state index in [9.17, 15) is 8.42 Å². The summed E-state index contributed by atoms with van der Waals surface area (Å²) in [7, 11) is -2.01. The van der Waals surface area contributed by atoms with Crippen molar-refractivity contribution in [2.75, 3.05) is 20.3 Å². The summed E-state index contributed by atoms with van der Waals surface area (Å²) in [4.78, 5) is 0.130. The fourth-order valence-electron chi connectivity index (χ4n) is 2.41. The van der Waals surface area contributed by atoms with E-state index in [0.29, 0.717) is 13.2 Å². The van der Waals surface area contributed by atoms with Crippen molar-refractivity contribution < 1.29 is 17.9 Å². The molecule has 0 aliphatic rings. The molecule has 2 rings (SSSR count). The highest BCUT2D eigenvalue weighted by atomic mass is 32.2. The molecule has 25 heavy (non-hydrogen) atoms. The van der Waals surface area contributed by atoms with Crippen molar-refractivity contribution in [2.45, 2.75) is 24.8 Å². The highest BCUT2D eigenvalue weighted by Crippen LogP contribution is 2.27. The molecule has 0 saturated carbocycles. The molecule has 0 heterocycles. The minimum absolute atomic E-state index is 0.130. The van der Waals surface area contributed by atoms with Crippen molar-refractivity contribution in [3.05, 3.63) is 53.6 Å². The standard InChI is InChI=1S/C18H24N2O4S/c1-3-24-17-9-6-15(12-18(17)23-2)13-20-11-10-14-4-7-16(8-5-14)25(19,21)22/h4-9,12,20H,3,10-11,13H2,1-2H3,(H2,19,21,22). The predicted molar refractivity (Wildman–Crippen MR) is 97.4 cm³/mol. The molecule has 2 aromatic carbocycles. The Morgan fingerprint density at radius 1 is 1.04 bits per heavy atom. The summed E-state index contributed by atoms with van der Waals surface area (Å²) in [6.07, 6.45) is 0.791. The Bertz CT molecular complexity index is 789. The summed E-state index contributed by atoms with van der Waals surface area (Å²) >= 11 is 0. The summed E-state index contributed by atoms with van der Waals surface area (Å²) in [6.45, 7) is 4.00. The van der Waals surface area contributed by atoms with E-state index in [4.69, 9.17) is 14.6 Å². The molecule has 0 spiro atoms. The molecule has 6 nitrogen and oxygen atoms in total. The van der Waals surface area contributed by atoms with Gasteiger partial charge in [0.2, 0.25) is 10.0 Å². The zero-order chi connectivity index (χ0) is 18.3. The third-order valence-electron chi connectivity index (χ3n) is 3.70. The number of hydrogen-bond donors (Lipinski definition) is 2. The van der Waals surface area contributed by atoms with E-state index in [2.05, 4.69) is 5.32 Å². The highest BCUT2D eigenvalue weighted by Gasteiger charge is 2.07. The van der Waals surface area contributed by atoms with Gasteiger partial charge in [-0.25, -0.2) is 13.6 Å². The fourth-order valence-corrected chi connectivity index (χ4v) is 2.92. The van der Waals surface area contributed by atoms with E-state index in [1.54, 1.807) is 19.2 Å². The molecule has 0 aliphatic carbocycles. The van der Waals surface area contributed by atoms with Crippen LogP contribution < -0.4 is 19.9 Å². The van der Waals surface area contributed by atoms with Crippen molar-refractivity contribution in [1.82, 2.24) is 5.32 Å². The molecule has 3 N–H and O–H groups in total. The highest BCUT2D eigenvalue weighted by molar-refractivity contribution is 7.89. The lowest BCUT2D eigenvalue weighted by Crippen LogP contribution is -2.17. The predicted octanol–water partition coefficient (Wildman–Crippen LogP) is 2.07. The molecule has 0 aromatic heterocycles. The molecule has 0 radical (unpaired) electrons. The molecule has 0 atom stereocenters. The van der Waals surface area contributed by atoms with Gasteiger partial charge in [0, 0.05) is 6.54 Å². The summed E-state index contributed by atoms with van der Waals surface area (Å²) < 4.78 is 33.3. The number of benzene rings is 2. The number of nitrogens with two attached hydrogens (primary N) is 1. The summed E-state index contributed by atoms with van der Waals surface area (Å²) in [5.74, 6) is 1.46. The number of hydrogen-bond acceptors (Lipinski definition) is 5. The largest absolute Gasteiger partial charge is 0.493 e. The SMILES string of the molecule is CCOc1ccc(CNCCc2ccc(S(N)(=O)=O)cc2)cc1OC. The number of sulfonamides is 1. The normalized spacial score (nSPS) is 11.3. The van der Waals surface area contributed by atoms with Gasteiger partial charge in [0.25, 0.3) is 0 Å². The molecule has 0 bridgehead atoms. The minimum atomic E-state index is -3.63. The molecule has 0 saturated heterocycles. The number of ether oxygens (including phenoxy) is 2. The lowest BCUT2D eigenvalue weighted by atomic mass is 10.1. The molecule has 136 valence electrons. The Hall–Kier alpha value is -2.09. The van der Waals surface area contributed by atoms with Crippen LogP contribution in [0.2, 0.25) is 0 Å². The number of rotatable bonds is 9. The van der Waals surface area contributed by atoms with Gasteiger partial charge in [-0.2, -0.15) is 0 Å². The maximum absolute atomic E-state index is 11.2. The van der Waals surface area contributed by atoms with Crippen LogP contribution in [0.15, 0.2) is 47.4 Å². The second-order valence-electron chi connectivity index (χ2n) is 5.53. The zero-order valence-electron chi connectivity index (χ0n) is 14.5. The summed E-state index contributed by atoms with van der Waals surface area (Å²) in [5, 5.41) is 8.45. The van der Waals surface area contributed by atoms with E-state index >= 15 is 0 Å². The Balaban J connectivity index is 1.85. The number of nitrogens with one attached hydrogen (secondary N) is 1. The third kappa shape index (κ3) is 5.74. The smallest absolute Gasteiger partial charge is 0.238 e. The first-order valence-corrected chi connectivity index (χ1v) is 9.61. The van der Waals surface area contributed by atoms with Gasteiger partial charge >= 0.3 is 0 Å². The van der Waals surface area contributed by atoms with Crippen LogP contribution in [0, 0.1) is 0 Å². The maximum Gasteiger partial charge on any atom is 0.238 e. The lowest BCUT2D eigenvalue weighted by molar-refractivity contribution is 0.310. The van der Waals surface area contributed by atoms with Crippen LogP contribution in [0.25, 0.3) is 0 Å². The van der Waals surface area contributed by atoms with Gasteiger partial charge in [-0.1, -0.05) is 18.2 Å². The molecule has 0 fully saturated rings. The van der Waals surface area contributed by atoms with E-state index in [-0.39, 0.29) is 4.90 Å². The van der Waals surface area contributed by atoms with E-state index < -0.39 is 10.0 Å². The third-order valence-corrected chi connectivity index (χ3v) is 4.63. The second-order valence-corrected chi connectivity index (χ2v) is 7.10. The van der Waals surface area contributed by atoms with Gasteiger partial charge in [0.15, 0.2) is 11.5 Å². The summed E-state index contributed by atoms with van der Waals surface area (Å²) in [5.41, 5.74) is 2.15. The van der Waals surface area contributed by atoms with Crippen LogP contribution in [0.1, 0.15) is 18.1 Å². The van der Waals surface area contributed by atoms with Gasteiger partial charge in [0.1, 0.15) is 0 Å². The first kappa shape index (κ1) is 19.2. The molecular weight excluding hydrogens is 340 g/mol. The first-order chi connectivity index (χ1) is 11.9. The maximum atomic E-state index is 11.2. The van der Waals surface area contributed by atoms with Crippen LogP contribution in [-0.2, 0) is 23.0 Å². The molecular formula is C18H24N2O4S. The average Bonchev–Trinajstić information content (AvgIpc) is 2.59. The van der Waals surface area contributed by atoms with Gasteiger partial charge in [0.05, 0.1) is 18.6 Å².